The molecule has 0 aliphatic heterocycles. The Bertz CT molecular complexity index is 407. The summed E-state index contributed by atoms with van der Waals surface area (Å²) in [7, 11) is 0. The van der Waals surface area contributed by atoms with E-state index < -0.39 is 11.2 Å². The fourth-order valence-electron chi connectivity index (χ4n) is 1.07. The zero-order valence-electron chi connectivity index (χ0n) is 7.74. The van der Waals surface area contributed by atoms with Gasteiger partial charge in [0.1, 0.15) is 5.82 Å². The van der Waals surface area contributed by atoms with Crippen LogP contribution in [0, 0.1) is 17.1 Å². The zero-order valence-corrected chi connectivity index (χ0v) is 9.25. The molecule has 1 aromatic carbocycles. The number of nitrogens with zero attached hydrogens (tertiary/aromatic N) is 1. The second kappa shape index (κ2) is 3.76. The molecule has 0 bridgehead atoms. The van der Waals surface area contributed by atoms with Gasteiger partial charge in [-0.05, 0) is 31.5 Å². The normalized spacial score (nSPS) is 11.1. The summed E-state index contributed by atoms with van der Waals surface area (Å²) in [5.41, 5.74) is -0.435. The van der Waals surface area contributed by atoms with Crippen molar-refractivity contribution >= 4 is 23.2 Å². The summed E-state index contributed by atoms with van der Waals surface area (Å²) in [6.07, 6.45) is 0. The van der Waals surface area contributed by atoms with Crippen LogP contribution >= 0.6 is 23.2 Å². The maximum Gasteiger partial charge on any atom is 0.143 e. The molecule has 0 saturated carbocycles. The molecule has 0 saturated heterocycles. The fraction of sp³-hybridized carbons (Fsp3) is 0.300. The Hall–Kier alpha value is -0.780. The van der Waals surface area contributed by atoms with E-state index in [-0.39, 0.29) is 10.0 Å². The number of halogens is 3. The van der Waals surface area contributed by atoms with Gasteiger partial charge in [0.15, 0.2) is 0 Å². The van der Waals surface area contributed by atoms with E-state index in [1.165, 1.54) is 6.07 Å². The van der Waals surface area contributed by atoms with E-state index in [0.717, 1.165) is 6.07 Å². The molecular weight excluding hydrogens is 224 g/mol. The van der Waals surface area contributed by atoms with E-state index in [1.807, 2.05) is 6.07 Å². The molecule has 0 fully saturated rings. The first-order valence-corrected chi connectivity index (χ1v) is 4.70. The van der Waals surface area contributed by atoms with Crippen molar-refractivity contribution in [2.24, 2.45) is 0 Å². The third-order valence-electron chi connectivity index (χ3n) is 1.95. The summed E-state index contributed by atoms with van der Waals surface area (Å²) >= 11 is 11.4. The first-order valence-electron chi connectivity index (χ1n) is 3.95. The lowest BCUT2D eigenvalue weighted by molar-refractivity contribution is 0.613. The van der Waals surface area contributed by atoms with Crippen molar-refractivity contribution in [3.8, 4) is 6.07 Å². The van der Waals surface area contributed by atoms with E-state index >= 15 is 0 Å². The highest BCUT2D eigenvalue weighted by atomic mass is 35.5. The van der Waals surface area contributed by atoms with Gasteiger partial charge in [0, 0.05) is 5.02 Å². The van der Waals surface area contributed by atoms with Gasteiger partial charge in [-0.15, -0.1) is 0 Å². The number of hydrogen-bond donors (Lipinski definition) is 0. The average Bonchev–Trinajstić information content (AvgIpc) is 2.11. The lowest BCUT2D eigenvalue weighted by Gasteiger charge is -2.17. The highest BCUT2D eigenvalue weighted by Gasteiger charge is 2.25. The summed E-state index contributed by atoms with van der Waals surface area (Å²) in [6, 6.07) is 4.68. The second-order valence-corrected chi connectivity index (χ2v) is 4.30. The van der Waals surface area contributed by atoms with Gasteiger partial charge in [0.2, 0.25) is 0 Å². The third kappa shape index (κ3) is 2.00. The molecule has 1 aromatic rings. The monoisotopic (exact) mass is 231 g/mol. The molecule has 1 rings (SSSR count). The predicted octanol–water partition coefficient (Wildman–Crippen LogP) is 3.93. The maximum absolute atomic E-state index is 13.2. The fourth-order valence-corrected chi connectivity index (χ4v) is 1.62. The van der Waals surface area contributed by atoms with Gasteiger partial charge in [-0.2, -0.15) is 5.26 Å². The Kier molecular flexibility index (Phi) is 3.04. The van der Waals surface area contributed by atoms with Gasteiger partial charge in [-0.1, -0.05) is 23.2 Å². The Morgan fingerprint density at radius 3 is 2.43 bits per heavy atom. The first kappa shape index (κ1) is 11.3. The third-order valence-corrected chi connectivity index (χ3v) is 2.55. The van der Waals surface area contributed by atoms with Crippen LogP contribution in [0.15, 0.2) is 12.1 Å². The van der Waals surface area contributed by atoms with E-state index in [0.29, 0.717) is 5.56 Å². The summed E-state index contributed by atoms with van der Waals surface area (Å²) in [6.45, 7) is 3.31. The van der Waals surface area contributed by atoms with E-state index in [4.69, 9.17) is 28.5 Å². The van der Waals surface area contributed by atoms with Gasteiger partial charge >= 0.3 is 0 Å². The summed E-state index contributed by atoms with van der Waals surface area (Å²) in [5, 5.41) is 9.08. The molecule has 0 atom stereocenters. The van der Waals surface area contributed by atoms with Gasteiger partial charge in [0.05, 0.1) is 16.5 Å². The first-order chi connectivity index (χ1) is 6.38. The molecule has 74 valence electrons. The lowest BCUT2D eigenvalue weighted by atomic mass is 9.86. The van der Waals surface area contributed by atoms with Gasteiger partial charge < -0.3 is 0 Å². The van der Waals surface area contributed by atoms with Crippen LogP contribution in [0.4, 0.5) is 4.39 Å². The molecule has 1 nitrogen and oxygen atoms in total. The van der Waals surface area contributed by atoms with E-state index in [1.54, 1.807) is 13.8 Å². The maximum atomic E-state index is 13.2. The van der Waals surface area contributed by atoms with Gasteiger partial charge in [0.25, 0.3) is 0 Å². The zero-order chi connectivity index (χ0) is 10.9. The van der Waals surface area contributed by atoms with Crippen LogP contribution in [-0.2, 0) is 5.41 Å². The Labute approximate surface area is 92.1 Å². The SMILES string of the molecule is CC(C)(C#N)c1cc(Cl)cc(F)c1Cl. The Balaban J connectivity index is 3.44. The van der Waals surface area contributed by atoms with Crippen LogP contribution in [0.5, 0.6) is 0 Å². The molecule has 0 unspecified atom stereocenters. The van der Waals surface area contributed by atoms with Crippen LogP contribution in [0.3, 0.4) is 0 Å². The average molecular weight is 232 g/mol. The van der Waals surface area contributed by atoms with Crippen molar-refractivity contribution in [2.75, 3.05) is 0 Å². The summed E-state index contributed by atoms with van der Waals surface area (Å²) < 4.78 is 13.2. The van der Waals surface area contributed by atoms with E-state index in [9.17, 15) is 4.39 Å². The summed E-state index contributed by atoms with van der Waals surface area (Å²) in [5.74, 6) is -0.600. The molecular formula is C10H8Cl2FN. The van der Waals surface area contributed by atoms with Crippen LogP contribution in [0.2, 0.25) is 10.0 Å². The standard InChI is InChI=1S/C10H8Cl2FN/c1-10(2,5-14)7-3-6(11)4-8(13)9(7)12/h3-4H,1-2H3. The molecule has 0 N–H and O–H groups in total. The largest absolute Gasteiger partial charge is 0.205 e. The van der Waals surface area contributed by atoms with Gasteiger partial charge in [-0.3, -0.25) is 0 Å². The topological polar surface area (TPSA) is 23.8 Å². The van der Waals surface area contributed by atoms with Crippen LogP contribution in [0.25, 0.3) is 0 Å². The molecule has 0 aromatic heterocycles. The van der Waals surface area contributed by atoms with Crippen molar-refractivity contribution in [1.29, 1.82) is 5.26 Å². The number of benzene rings is 1. The van der Waals surface area contributed by atoms with Crippen LogP contribution in [-0.4, -0.2) is 0 Å². The van der Waals surface area contributed by atoms with Crippen molar-refractivity contribution in [1.82, 2.24) is 0 Å². The van der Waals surface area contributed by atoms with Crippen LogP contribution in [0.1, 0.15) is 19.4 Å². The molecule has 0 aliphatic carbocycles. The highest BCUT2D eigenvalue weighted by Crippen LogP contribution is 2.33. The minimum Gasteiger partial charge on any atom is -0.205 e. The quantitative estimate of drug-likeness (QED) is 0.673. The Morgan fingerprint density at radius 1 is 1.36 bits per heavy atom. The summed E-state index contributed by atoms with van der Waals surface area (Å²) in [4.78, 5) is 0. The molecule has 0 radical (unpaired) electrons. The minimum absolute atomic E-state index is 0.0408. The van der Waals surface area contributed by atoms with Crippen LogP contribution < -0.4 is 0 Å². The van der Waals surface area contributed by atoms with Gasteiger partial charge in [-0.25, -0.2) is 4.39 Å². The highest BCUT2D eigenvalue weighted by molar-refractivity contribution is 6.33. The number of hydrogen-bond acceptors (Lipinski definition) is 1. The molecule has 0 spiro atoms. The Morgan fingerprint density at radius 2 is 1.93 bits per heavy atom. The van der Waals surface area contributed by atoms with Crippen molar-refractivity contribution < 1.29 is 4.39 Å². The molecule has 0 amide bonds. The molecule has 0 heterocycles. The molecule has 0 aliphatic rings. The number of rotatable bonds is 1. The smallest absolute Gasteiger partial charge is 0.143 e. The predicted molar refractivity (Wildman–Crippen MR) is 55.1 cm³/mol. The van der Waals surface area contributed by atoms with Crippen molar-refractivity contribution in [2.45, 2.75) is 19.3 Å². The van der Waals surface area contributed by atoms with E-state index in [2.05, 4.69) is 0 Å². The molecule has 14 heavy (non-hydrogen) atoms. The second-order valence-electron chi connectivity index (χ2n) is 3.49. The molecule has 4 heteroatoms. The lowest BCUT2D eigenvalue weighted by Crippen LogP contribution is -2.15. The van der Waals surface area contributed by atoms with Crippen molar-refractivity contribution in [3.63, 3.8) is 0 Å². The number of nitriles is 1. The van der Waals surface area contributed by atoms with Crippen molar-refractivity contribution in [3.05, 3.63) is 33.6 Å². The minimum atomic E-state index is -0.844.